The molecule has 10 nitrogen and oxygen atoms in total. The Balaban J connectivity index is 1.72. The highest BCUT2D eigenvalue weighted by Crippen LogP contribution is 2.23. The molecule has 0 spiro atoms. The molecule has 0 saturated carbocycles. The normalized spacial score (nSPS) is 11.2. The predicted octanol–water partition coefficient (Wildman–Crippen LogP) is 2.34. The lowest BCUT2D eigenvalue weighted by Gasteiger charge is -2.07. The fourth-order valence-corrected chi connectivity index (χ4v) is 3.11. The Bertz CT molecular complexity index is 1070. The van der Waals surface area contributed by atoms with Crippen LogP contribution < -0.4 is 14.8 Å². The molecule has 0 atom stereocenters. The summed E-state index contributed by atoms with van der Waals surface area (Å²) in [6, 6.07) is 6.91. The summed E-state index contributed by atoms with van der Waals surface area (Å²) in [6.45, 7) is 3.40. The lowest BCUT2D eigenvalue weighted by molar-refractivity contribution is 0.0987. The Labute approximate surface area is 154 Å². The van der Waals surface area contributed by atoms with Crippen molar-refractivity contribution in [1.82, 2.24) is 10.3 Å². The molecule has 0 unspecified atom stereocenters. The fourth-order valence-electron chi connectivity index (χ4n) is 2.06. The Hall–Kier alpha value is -3.34. The maximum atomic E-state index is 12.4. The molecular weight excluding hydrogens is 376 g/mol. The van der Waals surface area contributed by atoms with Crippen molar-refractivity contribution >= 4 is 27.5 Å². The molecule has 27 heavy (non-hydrogen) atoms. The van der Waals surface area contributed by atoms with E-state index in [2.05, 4.69) is 20.4 Å². The second kappa shape index (κ2) is 7.11. The first kappa shape index (κ1) is 18.5. The van der Waals surface area contributed by atoms with Gasteiger partial charge in [0.1, 0.15) is 0 Å². The van der Waals surface area contributed by atoms with Crippen molar-refractivity contribution in [2.45, 2.75) is 18.7 Å². The first-order chi connectivity index (χ1) is 12.8. The van der Waals surface area contributed by atoms with E-state index in [4.69, 9.17) is 13.8 Å². The Morgan fingerprint density at radius 3 is 2.37 bits per heavy atom. The smallest absolute Gasteiger partial charge is 0.294 e. The van der Waals surface area contributed by atoms with E-state index in [1.54, 1.807) is 13.8 Å². The van der Waals surface area contributed by atoms with Gasteiger partial charge in [0, 0.05) is 11.3 Å². The molecule has 3 rings (SSSR count). The van der Waals surface area contributed by atoms with E-state index in [0.29, 0.717) is 16.9 Å². The summed E-state index contributed by atoms with van der Waals surface area (Å²) in [6.07, 6.45) is 0. The van der Waals surface area contributed by atoms with Crippen molar-refractivity contribution in [3.63, 3.8) is 0 Å². The SMILES string of the molecule is COc1cc(C(=O)Nc2ccc(S(=O)(=O)Nc3onc(C)c3C)cc2)on1. The van der Waals surface area contributed by atoms with Crippen molar-refractivity contribution in [1.29, 1.82) is 0 Å². The van der Waals surface area contributed by atoms with E-state index in [1.807, 2.05) is 0 Å². The molecule has 0 aliphatic rings. The molecule has 1 aromatic carbocycles. The highest BCUT2D eigenvalue weighted by Gasteiger charge is 2.19. The topological polar surface area (TPSA) is 137 Å². The standard InChI is InChI=1S/C16H16N4O6S/c1-9-10(2)18-26-16(9)20-27(22,23)12-6-4-11(5-7-12)17-15(21)13-8-14(24-3)19-25-13/h4-8,20H,1-3H3,(H,17,21). The number of anilines is 2. The van der Waals surface area contributed by atoms with Gasteiger partial charge in [0.2, 0.25) is 11.6 Å². The number of carbonyl (C=O) groups excluding carboxylic acids is 1. The van der Waals surface area contributed by atoms with Crippen molar-refractivity contribution in [3.05, 3.63) is 47.3 Å². The average molecular weight is 392 g/mol. The Kier molecular flexibility index (Phi) is 4.86. The number of nitrogens with zero attached hydrogens (tertiary/aromatic N) is 2. The molecule has 0 radical (unpaired) electrons. The number of ether oxygens (including phenoxy) is 1. The summed E-state index contributed by atoms with van der Waals surface area (Å²) in [7, 11) is -2.46. The molecule has 142 valence electrons. The molecule has 2 aromatic heterocycles. The van der Waals surface area contributed by atoms with Gasteiger partial charge in [-0.1, -0.05) is 5.16 Å². The van der Waals surface area contributed by atoms with Gasteiger partial charge in [-0.3, -0.25) is 4.79 Å². The zero-order chi connectivity index (χ0) is 19.6. The molecule has 3 aromatic rings. The summed E-state index contributed by atoms with van der Waals surface area (Å²) in [5.74, 6) is -0.358. The van der Waals surface area contributed by atoms with Crippen LogP contribution in [0.2, 0.25) is 0 Å². The van der Waals surface area contributed by atoms with Crippen LogP contribution in [-0.2, 0) is 10.0 Å². The van der Waals surface area contributed by atoms with Gasteiger partial charge in [0.25, 0.3) is 21.8 Å². The number of carbonyl (C=O) groups is 1. The number of sulfonamides is 1. The van der Waals surface area contributed by atoms with Crippen molar-refractivity contribution in [2.75, 3.05) is 17.1 Å². The van der Waals surface area contributed by atoms with Crippen LogP contribution in [0.25, 0.3) is 0 Å². The molecule has 2 N–H and O–H groups in total. The minimum Gasteiger partial charge on any atom is -0.479 e. The van der Waals surface area contributed by atoms with E-state index >= 15 is 0 Å². The molecule has 1 amide bonds. The number of amides is 1. The number of benzene rings is 1. The molecule has 0 aliphatic heterocycles. The molecule has 0 saturated heterocycles. The third-order valence-electron chi connectivity index (χ3n) is 3.73. The van der Waals surface area contributed by atoms with Crippen LogP contribution in [0, 0.1) is 13.8 Å². The van der Waals surface area contributed by atoms with Crippen molar-refractivity contribution < 1.29 is 27.0 Å². The maximum absolute atomic E-state index is 12.4. The highest BCUT2D eigenvalue weighted by molar-refractivity contribution is 7.92. The zero-order valence-electron chi connectivity index (χ0n) is 14.6. The summed E-state index contributed by atoms with van der Waals surface area (Å²) in [5.41, 5.74) is 1.57. The maximum Gasteiger partial charge on any atom is 0.294 e. The van der Waals surface area contributed by atoms with Crippen LogP contribution in [0.1, 0.15) is 21.8 Å². The van der Waals surface area contributed by atoms with Crippen LogP contribution in [0.4, 0.5) is 11.6 Å². The van der Waals surface area contributed by atoms with Gasteiger partial charge in [0.15, 0.2) is 0 Å². The third kappa shape index (κ3) is 3.92. The molecular formula is C16H16N4O6S. The predicted molar refractivity (Wildman–Crippen MR) is 94.2 cm³/mol. The van der Waals surface area contributed by atoms with Crippen LogP contribution >= 0.6 is 0 Å². The number of methoxy groups -OCH3 is 1. The number of aryl methyl sites for hydroxylation is 1. The number of hydrogen-bond acceptors (Lipinski definition) is 8. The Morgan fingerprint density at radius 2 is 1.81 bits per heavy atom. The van der Waals surface area contributed by atoms with Gasteiger partial charge in [-0.05, 0) is 43.3 Å². The van der Waals surface area contributed by atoms with Gasteiger partial charge in [-0.15, -0.1) is 0 Å². The number of hydrogen-bond donors (Lipinski definition) is 2. The summed E-state index contributed by atoms with van der Waals surface area (Å²) >= 11 is 0. The van der Waals surface area contributed by atoms with Crippen LogP contribution in [-0.4, -0.2) is 31.7 Å². The van der Waals surface area contributed by atoms with Crippen LogP contribution in [0.15, 0.2) is 44.3 Å². The van der Waals surface area contributed by atoms with E-state index in [1.165, 1.54) is 37.4 Å². The fraction of sp³-hybridized carbons (Fsp3) is 0.188. The molecule has 11 heteroatoms. The lowest BCUT2D eigenvalue weighted by Crippen LogP contribution is -2.14. The van der Waals surface area contributed by atoms with E-state index in [0.717, 1.165) is 0 Å². The van der Waals surface area contributed by atoms with Gasteiger partial charge >= 0.3 is 0 Å². The largest absolute Gasteiger partial charge is 0.479 e. The first-order valence-electron chi connectivity index (χ1n) is 7.68. The van der Waals surface area contributed by atoms with Crippen molar-refractivity contribution in [3.8, 4) is 5.88 Å². The van der Waals surface area contributed by atoms with Crippen molar-refractivity contribution in [2.24, 2.45) is 0 Å². The average Bonchev–Trinajstić information content (AvgIpc) is 3.24. The number of rotatable bonds is 6. The molecule has 2 heterocycles. The van der Waals surface area contributed by atoms with Gasteiger partial charge in [-0.25, -0.2) is 13.1 Å². The van der Waals surface area contributed by atoms with Gasteiger partial charge in [-0.2, -0.15) is 0 Å². The Morgan fingerprint density at radius 1 is 1.11 bits per heavy atom. The van der Waals surface area contributed by atoms with Gasteiger partial charge in [0.05, 0.1) is 23.8 Å². The quantitative estimate of drug-likeness (QED) is 0.652. The van der Waals surface area contributed by atoms with E-state index < -0.39 is 15.9 Å². The number of nitrogens with one attached hydrogen (secondary N) is 2. The molecule has 0 aliphatic carbocycles. The minimum atomic E-state index is -3.86. The monoisotopic (exact) mass is 392 g/mol. The summed E-state index contributed by atoms with van der Waals surface area (Å²) in [4.78, 5) is 12.1. The second-order valence-corrected chi connectivity index (χ2v) is 7.22. The molecule has 0 fully saturated rings. The third-order valence-corrected chi connectivity index (χ3v) is 5.08. The van der Waals surface area contributed by atoms with E-state index in [-0.39, 0.29) is 22.4 Å². The summed E-state index contributed by atoms with van der Waals surface area (Å²) in [5, 5.41) is 9.80. The van der Waals surface area contributed by atoms with Gasteiger partial charge < -0.3 is 19.1 Å². The van der Waals surface area contributed by atoms with E-state index in [9.17, 15) is 13.2 Å². The lowest BCUT2D eigenvalue weighted by atomic mass is 10.3. The minimum absolute atomic E-state index is 0.00436. The number of aromatic nitrogens is 2. The zero-order valence-corrected chi connectivity index (χ0v) is 15.5. The van der Waals surface area contributed by atoms with Crippen LogP contribution in [0.3, 0.4) is 0 Å². The second-order valence-electron chi connectivity index (χ2n) is 5.54. The first-order valence-corrected chi connectivity index (χ1v) is 9.16. The van der Waals surface area contributed by atoms with Crippen LogP contribution in [0.5, 0.6) is 5.88 Å². The molecule has 0 bridgehead atoms. The summed E-state index contributed by atoms with van der Waals surface area (Å²) < 4.78 is 41.8. The highest BCUT2D eigenvalue weighted by atomic mass is 32.2.